The zero-order valence-corrected chi connectivity index (χ0v) is 9.27. The molecule has 0 spiro atoms. The zero-order chi connectivity index (χ0) is 10.8. The lowest BCUT2D eigenvalue weighted by Crippen LogP contribution is -2.22. The fourth-order valence-electron chi connectivity index (χ4n) is 1.71. The van der Waals surface area contributed by atoms with E-state index in [-0.39, 0.29) is 5.92 Å². The van der Waals surface area contributed by atoms with Crippen LogP contribution in [0, 0.1) is 0 Å². The van der Waals surface area contributed by atoms with Gasteiger partial charge in [0, 0.05) is 19.0 Å². The van der Waals surface area contributed by atoms with Gasteiger partial charge >= 0.3 is 0 Å². The molecule has 82 valence electrons. The first kappa shape index (κ1) is 10.1. The van der Waals surface area contributed by atoms with Crippen LogP contribution >= 0.6 is 0 Å². The highest BCUT2D eigenvalue weighted by Crippen LogP contribution is 2.18. The van der Waals surface area contributed by atoms with Crippen molar-refractivity contribution in [1.29, 1.82) is 0 Å². The molecule has 1 aromatic rings. The van der Waals surface area contributed by atoms with E-state index in [1.807, 2.05) is 0 Å². The molecule has 1 aromatic heterocycles. The molecule has 2 rings (SSSR count). The summed E-state index contributed by atoms with van der Waals surface area (Å²) in [7, 11) is 0. The molecule has 2 N–H and O–H groups in total. The molecular weight excluding hydrogens is 190 g/mol. The van der Waals surface area contributed by atoms with Crippen LogP contribution in [-0.4, -0.2) is 28.0 Å². The van der Waals surface area contributed by atoms with Crippen molar-refractivity contribution in [2.75, 3.05) is 23.7 Å². The molecule has 1 fully saturated rings. The van der Waals surface area contributed by atoms with Gasteiger partial charge in [0.1, 0.15) is 5.82 Å². The standard InChI is InChI=1S/C10H17N5/c1-7(2)8-12-9(11)14-10(13-8)15-5-3-4-6-15/h7H,3-6H2,1-2H3,(H2,11,12,13,14). The number of hydrogen-bond donors (Lipinski definition) is 1. The molecule has 0 atom stereocenters. The molecule has 0 bridgehead atoms. The zero-order valence-electron chi connectivity index (χ0n) is 9.27. The Kier molecular flexibility index (Phi) is 2.70. The van der Waals surface area contributed by atoms with Crippen LogP contribution in [0.2, 0.25) is 0 Å². The van der Waals surface area contributed by atoms with E-state index in [0.717, 1.165) is 24.9 Å². The third-order valence-corrected chi connectivity index (χ3v) is 2.56. The van der Waals surface area contributed by atoms with Gasteiger partial charge in [-0.3, -0.25) is 0 Å². The van der Waals surface area contributed by atoms with Gasteiger partial charge in [0.2, 0.25) is 11.9 Å². The van der Waals surface area contributed by atoms with Gasteiger partial charge in [-0.25, -0.2) is 0 Å². The van der Waals surface area contributed by atoms with Gasteiger partial charge in [0.05, 0.1) is 0 Å². The second kappa shape index (κ2) is 4.00. The van der Waals surface area contributed by atoms with Crippen molar-refractivity contribution in [2.45, 2.75) is 32.6 Å². The van der Waals surface area contributed by atoms with Crippen molar-refractivity contribution in [3.05, 3.63) is 5.82 Å². The predicted molar refractivity (Wildman–Crippen MR) is 59.8 cm³/mol. The average Bonchev–Trinajstić information content (AvgIpc) is 2.69. The minimum Gasteiger partial charge on any atom is -0.368 e. The quantitative estimate of drug-likeness (QED) is 0.788. The second-order valence-electron chi connectivity index (χ2n) is 4.20. The van der Waals surface area contributed by atoms with Crippen LogP contribution in [0.4, 0.5) is 11.9 Å². The molecule has 2 heterocycles. The van der Waals surface area contributed by atoms with Crippen LogP contribution in [0.5, 0.6) is 0 Å². The van der Waals surface area contributed by atoms with E-state index >= 15 is 0 Å². The molecule has 0 saturated carbocycles. The summed E-state index contributed by atoms with van der Waals surface area (Å²) in [4.78, 5) is 14.9. The Hall–Kier alpha value is -1.39. The number of nitrogens with zero attached hydrogens (tertiary/aromatic N) is 4. The van der Waals surface area contributed by atoms with E-state index in [9.17, 15) is 0 Å². The lowest BCUT2D eigenvalue weighted by Gasteiger charge is -2.16. The highest BCUT2D eigenvalue weighted by molar-refractivity contribution is 5.35. The number of anilines is 2. The summed E-state index contributed by atoms with van der Waals surface area (Å²) in [5.74, 6) is 2.14. The van der Waals surface area contributed by atoms with Crippen LogP contribution < -0.4 is 10.6 Å². The normalized spacial score (nSPS) is 16.3. The number of rotatable bonds is 2. The average molecular weight is 207 g/mol. The summed E-state index contributed by atoms with van der Waals surface area (Å²) >= 11 is 0. The first-order valence-electron chi connectivity index (χ1n) is 5.43. The van der Waals surface area contributed by atoms with Gasteiger partial charge in [-0.15, -0.1) is 0 Å². The van der Waals surface area contributed by atoms with Crippen molar-refractivity contribution in [1.82, 2.24) is 15.0 Å². The molecule has 0 amide bonds. The highest BCUT2D eigenvalue weighted by atomic mass is 15.3. The minimum atomic E-state index is 0.289. The van der Waals surface area contributed by atoms with Crippen LogP contribution in [0.3, 0.4) is 0 Å². The van der Waals surface area contributed by atoms with E-state index < -0.39 is 0 Å². The monoisotopic (exact) mass is 207 g/mol. The van der Waals surface area contributed by atoms with Crippen molar-refractivity contribution in [2.24, 2.45) is 0 Å². The Bertz CT molecular complexity index is 344. The number of aromatic nitrogens is 3. The summed E-state index contributed by atoms with van der Waals surface area (Å²) in [5, 5.41) is 0. The Morgan fingerprint density at radius 1 is 1.13 bits per heavy atom. The van der Waals surface area contributed by atoms with Crippen molar-refractivity contribution in [3.8, 4) is 0 Å². The Morgan fingerprint density at radius 2 is 1.80 bits per heavy atom. The SMILES string of the molecule is CC(C)c1nc(N)nc(N2CCCC2)n1. The van der Waals surface area contributed by atoms with Gasteiger partial charge in [-0.05, 0) is 12.8 Å². The van der Waals surface area contributed by atoms with Crippen LogP contribution in [0.25, 0.3) is 0 Å². The maximum absolute atomic E-state index is 5.68. The van der Waals surface area contributed by atoms with Crippen molar-refractivity contribution >= 4 is 11.9 Å². The lowest BCUT2D eigenvalue weighted by molar-refractivity contribution is 0.750. The fraction of sp³-hybridized carbons (Fsp3) is 0.700. The van der Waals surface area contributed by atoms with E-state index in [1.165, 1.54) is 12.8 Å². The second-order valence-corrected chi connectivity index (χ2v) is 4.20. The molecule has 0 aromatic carbocycles. The minimum absolute atomic E-state index is 0.289. The Morgan fingerprint density at radius 3 is 2.40 bits per heavy atom. The molecule has 0 radical (unpaired) electrons. The largest absolute Gasteiger partial charge is 0.368 e. The summed E-state index contributed by atoms with van der Waals surface area (Å²) in [6.45, 7) is 6.17. The summed E-state index contributed by atoms with van der Waals surface area (Å²) in [6, 6.07) is 0. The van der Waals surface area contributed by atoms with E-state index in [2.05, 4.69) is 33.7 Å². The third-order valence-electron chi connectivity index (χ3n) is 2.56. The predicted octanol–water partition coefficient (Wildman–Crippen LogP) is 1.18. The van der Waals surface area contributed by atoms with Crippen molar-refractivity contribution < 1.29 is 0 Å². The smallest absolute Gasteiger partial charge is 0.230 e. The van der Waals surface area contributed by atoms with Gasteiger partial charge in [0.15, 0.2) is 0 Å². The van der Waals surface area contributed by atoms with E-state index in [4.69, 9.17) is 5.73 Å². The maximum Gasteiger partial charge on any atom is 0.230 e. The molecule has 1 aliphatic rings. The van der Waals surface area contributed by atoms with Gasteiger partial charge in [-0.2, -0.15) is 15.0 Å². The first-order valence-corrected chi connectivity index (χ1v) is 5.43. The molecule has 5 nitrogen and oxygen atoms in total. The van der Waals surface area contributed by atoms with Gasteiger partial charge < -0.3 is 10.6 Å². The van der Waals surface area contributed by atoms with Crippen LogP contribution in [-0.2, 0) is 0 Å². The number of nitrogens with two attached hydrogens (primary N) is 1. The fourth-order valence-corrected chi connectivity index (χ4v) is 1.71. The molecular formula is C10H17N5. The van der Waals surface area contributed by atoms with Crippen LogP contribution in [0.1, 0.15) is 38.4 Å². The van der Waals surface area contributed by atoms with Crippen molar-refractivity contribution in [3.63, 3.8) is 0 Å². The van der Waals surface area contributed by atoms with Gasteiger partial charge in [-0.1, -0.05) is 13.8 Å². The lowest BCUT2D eigenvalue weighted by atomic mass is 10.2. The molecule has 0 aliphatic carbocycles. The van der Waals surface area contributed by atoms with Gasteiger partial charge in [0.25, 0.3) is 0 Å². The highest BCUT2D eigenvalue weighted by Gasteiger charge is 2.17. The summed E-state index contributed by atoms with van der Waals surface area (Å²) < 4.78 is 0. The molecule has 1 saturated heterocycles. The number of hydrogen-bond acceptors (Lipinski definition) is 5. The molecule has 5 heteroatoms. The Balaban J connectivity index is 2.30. The summed E-state index contributed by atoms with van der Waals surface area (Å²) in [5.41, 5.74) is 5.68. The molecule has 0 unspecified atom stereocenters. The third kappa shape index (κ3) is 2.16. The number of nitrogen functional groups attached to an aromatic ring is 1. The topological polar surface area (TPSA) is 67.9 Å². The molecule has 1 aliphatic heterocycles. The maximum atomic E-state index is 5.68. The van der Waals surface area contributed by atoms with E-state index in [1.54, 1.807) is 0 Å². The first-order chi connectivity index (χ1) is 7.16. The Labute approximate surface area is 89.7 Å². The van der Waals surface area contributed by atoms with E-state index in [0.29, 0.717) is 5.95 Å². The molecule has 15 heavy (non-hydrogen) atoms. The summed E-state index contributed by atoms with van der Waals surface area (Å²) in [6.07, 6.45) is 2.42. The van der Waals surface area contributed by atoms with Crippen LogP contribution in [0.15, 0.2) is 0 Å².